The van der Waals surface area contributed by atoms with Crippen molar-refractivity contribution in [2.24, 2.45) is 5.92 Å². The summed E-state index contributed by atoms with van der Waals surface area (Å²) in [5.41, 5.74) is -0.974. The van der Waals surface area contributed by atoms with Crippen LogP contribution in [0.5, 0.6) is 0 Å². The van der Waals surface area contributed by atoms with Crippen LogP contribution in [0.25, 0.3) is 0 Å². The molecule has 1 aliphatic heterocycles. The first-order chi connectivity index (χ1) is 7.28. The Hall–Kier alpha value is -0.780. The number of esters is 1. The molecule has 0 spiro atoms. The molecule has 16 heavy (non-hydrogen) atoms. The molecule has 1 aliphatic rings. The van der Waals surface area contributed by atoms with Gasteiger partial charge in [-0.15, -0.1) is 0 Å². The third kappa shape index (κ3) is 2.87. The maximum Gasteiger partial charge on any atom is 0.490 e. The highest BCUT2D eigenvalue weighted by Crippen LogP contribution is 2.33. The molecule has 0 aromatic heterocycles. The van der Waals surface area contributed by atoms with Gasteiger partial charge in [-0.3, -0.25) is 0 Å². The second-order valence-electron chi connectivity index (χ2n) is 4.36. The Morgan fingerprint density at radius 3 is 2.19 bits per heavy atom. The summed E-state index contributed by atoms with van der Waals surface area (Å²) in [6, 6.07) is 0. The fraction of sp³-hybridized carbons (Fsp3) is 0.900. The van der Waals surface area contributed by atoms with Crippen molar-refractivity contribution in [3.63, 3.8) is 0 Å². The van der Waals surface area contributed by atoms with Gasteiger partial charge in [0.05, 0.1) is 0 Å². The molecular weight excluding hydrogens is 223 g/mol. The zero-order chi connectivity index (χ0) is 12.4. The molecule has 1 rings (SSSR count). The third-order valence-electron chi connectivity index (χ3n) is 3.03. The lowest BCUT2D eigenvalue weighted by molar-refractivity contribution is -0.220. The topological polar surface area (TPSA) is 38.3 Å². The van der Waals surface area contributed by atoms with E-state index in [0.717, 1.165) is 0 Å². The molecule has 1 heterocycles. The fourth-order valence-corrected chi connectivity index (χ4v) is 1.89. The van der Waals surface area contributed by atoms with Crippen molar-refractivity contribution in [3.8, 4) is 0 Å². The molecule has 0 bridgehead atoms. The molecule has 6 heteroatoms. The molecule has 1 fully saturated rings. The summed E-state index contributed by atoms with van der Waals surface area (Å²) in [7, 11) is 0. The molecule has 0 radical (unpaired) electrons. The summed E-state index contributed by atoms with van der Waals surface area (Å²) in [5.74, 6) is -2.20. The lowest BCUT2D eigenvalue weighted by Gasteiger charge is -2.40. The monoisotopic (exact) mass is 239 g/mol. The van der Waals surface area contributed by atoms with Gasteiger partial charge in [0.1, 0.15) is 5.60 Å². The molecular formula is C10H16F3NO2. The number of rotatable bonds is 2. The molecule has 0 amide bonds. The summed E-state index contributed by atoms with van der Waals surface area (Å²) >= 11 is 0. The summed E-state index contributed by atoms with van der Waals surface area (Å²) < 4.78 is 41.1. The van der Waals surface area contributed by atoms with Gasteiger partial charge in [0.2, 0.25) is 0 Å². The minimum absolute atomic E-state index is 0.124. The number of ether oxygens (including phenoxy) is 1. The van der Waals surface area contributed by atoms with Crippen LogP contribution in [0, 0.1) is 5.92 Å². The number of alkyl halides is 3. The van der Waals surface area contributed by atoms with Gasteiger partial charge in [-0.1, -0.05) is 13.8 Å². The van der Waals surface area contributed by atoms with E-state index in [1.807, 2.05) is 0 Å². The highest BCUT2D eigenvalue weighted by Gasteiger charge is 2.48. The summed E-state index contributed by atoms with van der Waals surface area (Å²) in [6.45, 7) is 4.69. The van der Waals surface area contributed by atoms with Crippen LogP contribution in [0.1, 0.15) is 26.7 Å². The van der Waals surface area contributed by atoms with E-state index in [4.69, 9.17) is 4.74 Å². The van der Waals surface area contributed by atoms with Crippen molar-refractivity contribution >= 4 is 5.97 Å². The molecule has 3 nitrogen and oxygen atoms in total. The average molecular weight is 239 g/mol. The fourth-order valence-electron chi connectivity index (χ4n) is 1.89. The van der Waals surface area contributed by atoms with Crippen LogP contribution < -0.4 is 5.32 Å². The number of carbonyl (C=O) groups is 1. The van der Waals surface area contributed by atoms with Gasteiger partial charge in [-0.25, -0.2) is 4.79 Å². The summed E-state index contributed by atoms with van der Waals surface area (Å²) in [6.07, 6.45) is -4.06. The van der Waals surface area contributed by atoms with Crippen molar-refractivity contribution in [3.05, 3.63) is 0 Å². The summed E-state index contributed by atoms with van der Waals surface area (Å²) in [5, 5.41) is 3.03. The normalized spacial score (nSPS) is 20.9. The minimum Gasteiger partial charge on any atom is -0.452 e. The number of piperidine rings is 1. The smallest absolute Gasteiger partial charge is 0.452 e. The van der Waals surface area contributed by atoms with Gasteiger partial charge in [-0.05, 0) is 31.8 Å². The molecule has 0 aromatic rings. The predicted molar refractivity (Wildman–Crippen MR) is 51.8 cm³/mol. The van der Waals surface area contributed by atoms with Crippen LogP contribution in [0.2, 0.25) is 0 Å². The first kappa shape index (κ1) is 13.3. The molecule has 1 saturated heterocycles. The molecule has 0 saturated carbocycles. The Bertz CT molecular complexity index is 257. The van der Waals surface area contributed by atoms with Crippen molar-refractivity contribution < 1.29 is 22.7 Å². The quantitative estimate of drug-likeness (QED) is 0.747. The van der Waals surface area contributed by atoms with Crippen molar-refractivity contribution in [2.45, 2.75) is 38.5 Å². The van der Waals surface area contributed by atoms with Gasteiger partial charge >= 0.3 is 12.1 Å². The van der Waals surface area contributed by atoms with E-state index in [0.29, 0.717) is 25.9 Å². The Kier molecular flexibility index (Phi) is 3.83. The van der Waals surface area contributed by atoms with E-state index in [9.17, 15) is 18.0 Å². The van der Waals surface area contributed by atoms with Crippen LogP contribution in [0.15, 0.2) is 0 Å². The molecule has 1 N–H and O–H groups in total. The lowest BCUT2D eigenvalue weighted by Crippen LogP contribution is -2.50. The van der Waals surface area contributed by atoms with Gasteiger partial charge in [-0.2, -0.15) is 13.2 Å². The van der Waals surface area contributed by atoms with Crippen LogP contribution >= 0.6 is 0 Å². The van der Waals surface area contributed by atoms with E-state index < -0.39 is 17.7 Å². The van der Waals surface area contributed by atoms with Crippen LogP contribution in [-0.2, 0) is 9.53 Å². The number of nitrogens with one attached hydrogen (secondary N) is 1. The third-order valence-corrected chi connectivity index (χ3v) is 3.03. The SMILES string of the molecule is CC(C)C1(OC(=O)C(F)(F)F)CCNCC1. The minimum atomic E-state index is -4.91. The zero-order valence-corrected chi connectivity index (χ0v) is 9.36. The average Bonchev–Trinajstić information content (AvgIpc) is 2.17. The Balaban J connectivity index is 2.75. The van der Waals surface area contributed by atoms with Crippen LogP contribution in [0.4, 0.5) is 13.2 Å². The summed E-state index contributed by atoms with van der Waals surface area (Å²) in [4.78, 5) is 10.9. The maximum atomic E-state index is 12.1. The second-order valence-corrected chi connectivity index (χ2v) is 4.36. The van der Waals surface area contributed by atoms with Crippen LogP contribution in [0.3, 0.4) is 0 Å². The van der Waals surface area contributed by atoms with E-state index >= 15 is 0 Å². The molecule has 0 atom stereocenters. The number of halogens is 3. The number of carbonyl (C=O) groups excluding carboxylic acids is 1. The standard InChI is InChI=1S/C10H16F3NO2/c1-7(2)9(3-5-14-6-4-9)16-8(15)10(11,12)13/h7,14H,3-6H2,1-2H3. The van der Waals surface area contributed by atoms with Gasteiger partial charge < -0.3 is 10.1 Å². The predicted octanol–water partition coefficient (Wildman–Crippen LogP) is 1.87. The van der Waals surface area contributed by atoms with Crippen molar-refractivity contribution in [1.29, 1.82) is 0 Å². The lowest BCUT2D eigenvalue weighted by atomic mass is 9.82. The van der Waals surface area contributed by atoms with Gasteiger partial charge in [0.15, 0.2) is 0 Å². The maximum absolute atomic E-state index is 12.1. The van der Waals surface area contributed by atoms with Gasteiger partial charge in [0, 0.05) is 0 Å². The van der Waals surface area contributed by atoms with Crippen molar-refractivity contribution in [2.75, 3.05) is 13.1 Å². The first-order valence-corrected chi connectivity index (χ1v) is 5.29. The molecule has 0 unspecified atom stereocenters. The van der Waals surface area contributed by atoms with E-state index in [1.54, 1.807) is 13.8 Å². The van der Waals surface area contributed by atoms with E-state index in [2.05, 4.69) is 5.32 Å². The van der Waals surface area contributed by atoms with Crippen LogP contribution in [-0.4, -0.2) is 30.8 Å². The highest BCUT2D eigenvalue weighted by molar-refractivity contribution is 5.76. The van der Waals surface area contributed by atoms with E-state index in [-0.39, 0.29) is 5.92 Å². The number of hydrogen-bond donors (Lipinski definition) is 1. The molecule has 94 valence electrons. The highest BCUT2D eigenvalue weighted by atomic mass is 19.4. The second kappa shape index (κ2) is 4.61. The molecule has 0 aromatic carbocycles. The molecule has 0 aliphatic carbocycles. The van der Waals surface area contributed by atoms with Gasteiger partial charge in [0.25, 0.3) is 0 Å². The van der Waals surface area contributed by atoms with Crippen molar-refractivity contribution in [1.82, 2.24) is 5.32 Å². The Morgan fingerprint density at radius 1 is 1.31 bits per heavy atom. The Labute approximate surface area is 92.3 Å². The first-order valence-electron chi connectivity index (χ1n) is 5.29. The number of hydrogen-bond acceptors (Lipinski definition) is 3. The largest absolute Gasteiger partial charge is 0.490 e. The van der Waals surface area contributed by atoms with E-state index in [1.165, 1.54) is 0 Å². The zero-order valence-electron chi connectivity index (χ0n) is 9.36. The Morgan fingerprint density at radius 2 is 1.81 bits per heavy atom.